The third-order valence-electron chi connectivity index (χ3n) is 2.57. The fraction of sp³-hybridized carbons (Fsp3) is 0.0909. The summed E-state index contributed by atoms with van der Waals surface area (Å²) in [4.78, 5) is 12.4. The van der Waals surface area contributed by atoms with E-state index in [0.29, 0.717) is 11.6 Å². The average Bonchev–Trinajstić information content (AvgIpc) is 2.70. The Morgan fingerprint density at radius 3 is 2.71 bits per heavy atom. The molecule has 0 saturated carbocycles. The molecule has 0 radical (unpaired) electrons. The highest BCUT2D eigenvalue weighted by molar-refractivity contribution is 5.85. The Balaban J connectivity index is 2.38. The first kappa shape index (κ1) is 9.71. The van der Waals surface area contributed by atoms with E-state index in [4.69, 9.17) is 5.73 Å². The number of hydrogen-bond donors (Lipinski definition) is 1. The van der Waals surface area contributed by atoms with Crippen LogP contribution in [-0.4, -0.2) is 24.6 Å². The van der Waals surface area contributed by atoms with Crippen molar-refractivity contribution in [3.63, 3.8) is 0 Å². The summed E-state index contributed by atoms with van der Waals surface area (Å²) < 4.78 is 1.74. The van der Waals surface area contributed by atoms with Gasteiger partial charge >= 0.3 is 0 Å². The topological polar surface area (TPSA) is 82.0 Å². The van der Waals surface area contributed by atoms with Gasteiger partial charge in [0.1, 0.15) is 11.8 Å². The van der Waals surface area contributed by atoms with Crippen molar-refractivity contribution < 1.29 is 0 Å². The van der Waals surface area contributed by atoms with Crippen molar-refractivity contribution in [2.45, 2.75) is 6.92 Å². The van der Waals surface area contributed by atoms with E-state index in [1.165, 1.54) is 6.33 Å². The van der Waals surface area contributed by atoms with Crippen molar-refractivity contribution in [3.05, 3.63) is 36.5 Å². The van der Waals surface area contributed by atoms with Crippen LogP contribution in [0.25, 0.3) is 16.9 Å². The van der Waals surface area contributed by atoms with E-state index < -0.39 is 0 Å². The molecule has 3 aromatic heterocycles. The molecule has 3 aromatic rings. The normalized spacial score (nSPS) is 10.9. The van der Waals surface area contributed by atoms with Crippen LogP contribution in [0.1, 0.15) is 5.69 Å². The van der Waals surface area contributed by atoms with E-state index in [2.05, 4.69) is 20.1 Å². The molecule has 17 heavy (non-hydrogen) atoms. The van der Waals surface area contributed by atoms with Gasteiger partial charge in [0.05, 0.1) is 5.56 Å². The molecule has 6 nitrogen and oxygen atoms in total. The standard InChI is InChI=1S/C11H10N6/c1-7-5-8(11-13-3-2-4-14-11)9-10(12)15-6-16-17(7)9/h2-6H,1H3,(H2,12,15,16). The summed E-state index contributed by atoms with van der Waals surface area (Å²) in [5.41, 5.74) is 8.44. The molecule has 84 valence electrons. The van der Waals surface area contributed by atoms with E-state index in [9.17, 15) is 0 Å². The molecule has 0 aliphatic heterocycles. The van der Waals surface area contributed by atoms with Crippen LogP contribution in [0, 0.1) is 6.92 Å². The maximum absolute atomic E-state index is 5.88. The van der Waals surface area contributed by atoms with Gasteiger partial charge in [-0.1, -0.05) is 0 Å². The second-order valence-corrected chi connectivity index (χ2v) is 3.68. The predicted octanol–water partition coefficient (Wildman–Crippen LogP) is 1.08. The first-order valence-corrected chi connectivity index (χ1v) is 5.13. The van der Waals surface area contributed by atoms with Crippen molar-refractivity contribution in [1.82, 2.24) is 24.6 Å². The van der Waals surface area contributed by atoms with Gasteiger partial charge in [0.15, 0.2) is 11.6 Å². The Labute approximate surface area is 97.2 Å². The fourth-order valence-electron chi connectivity index (χ4n) is 1.83. The quantitative estimate of drug-likeness (QED) is 0.671. The minimum Gasteiger partial charge on any atom is -0.382 e. The number of rotatable bonds is 1. The highest BCUT2D eigenvalue weighted by Crippen LogP contribution is 2.26. The molecule has 0 atom stereocenters. The van der Waals surface area contributed by atoms with E-state index in [1.807, 2.05) is 13.0 Å². The first-order valence-electron chi connectivity index (χ1n) is 5.13. The first-order chi connectivity index (χ1) is 8.27. The van der Waals surface area contributed by atoms with Crippen LogP contribution < -0.4 is 5.73 Å². The maximum atomic E-state index is 5.88. The lowest BCUT2D eigenvalue weighted by atomic mass is 10.2. The summed E-state index contributed by atoms with van der Waals surface area (Å²) in [5, 5.41) is 4.16. The van der Waals surface area contributed by atoms with Crippen molar-refractivity contribution in [1.29, 1.82) is 0 Å². The van der Waals surface area contributed by atoms with Crippen LogP contribution in [0.2, 0.25) is 0 Å². The lowest BCUT2D eigenvalue weighted by molar-refractivity contribution is 0.875. The molecule has 0 amide bonds. The molecule has 0 aromatic carbocycles. The molecule has 0 fully saturated rings. The molecule has 0 saturated heterocycles. The average molecular weight is 226 g/mol. The number of anilines is 1. The largest absolute Gasteiger partial charge is 0.382 e. The number of nitrogen functional groups attached to an aromatic ring is 1. The van der Waals surface area contributed by atoms with Crippen LogP contribution in [0.15, 0.2) is 30.9 Å². The molecular formula is C11H10N6. The number of hydrogen-bond acceptors (Lipinski definition) is 5. The van der Waals surface area contributed by atoms with Crippen LogP contribution in [0.3, 0.4) is 0 Å². The van der Waals surface area contributed by atoms with Gasteiger partial charge in [0, 0.05) is 18.1 Å². The lowest BCUT2D eigenvalue weighted by Crippen LogP contribution is -2.00. The Morgan fingerprint density at radius 1 is 1.18 bits per heavy atom. The molecule has 2 N–H and O–H groups in total. The number of aromatic nitrogens is 5. The Bertz CT molecular complexity index is 673. The van der Waals surface area contributed by atoms with Gasteiger partial charge in [-0.2, -0.15) is 5.10 Å². The lowest BCUT2D eigenvalue weighted by Gasteiger charge is -2.00. The number of aryl methyl sites for hydroxylation is 1. The van der Waals surface area contributed by atoms with Gasteiger partial charge in [-0.05, 0) is 19.1 Å². The molecular weight excluding hydrogens is 216 g/mol. The minimum absolute atomic E-state index is 0.426. The summed E-state index contributed by atoms with van der Waals surface area (Å²) in [6.07, 6.45) is 4.83. The smallest absolute Gasteiger partial charge is 0.161 e. The van der Waals surface area contributed by atoms with Gasteiger partial charge in [0.25, 0.3) is 0 Å². The fourth-order valence-corrected chi connectivity index (χ4v) is 1.83. The summed E-state index contributed by atoms with van der Waals surface area (Å²) in [6.45, 7) is 1.95. The summed E-state index contributed by atoms with van der Waals surface area (Å²) in [7, 11) is 0. The van der Waals surface area contributed by atoms with E-state index in [0.717, 1.165) is 16.8 Å². The summed E-state index contributed by atoms with van der Waals surface area (Å²) in [5.74, 6) is 1.05. The van der Waals surface area contributed by atoms with Crippen molar-refractivity contribution in [2.75, 3.05) is 5.73 Å². The highest BCUT2D eigenvalue weighted by Gasteiger charge is 2.14. The molecule has 0 aliphatic rings. The van der Waals surface area contributed by atoms with Gasteiger partial charge < -0.3 is 5.73 Å². The monoisotopic (exact) mass is 226 g/mol. The summed E-state index contributed by atoms with van der Waals surface area (Å²) >= 11 is 0. The zero-order valence-electron chi connectivity index (χ0n) is 9.20. The summed E-state index contributed by atoms with van der Waals surface area (Å²) in [6, 6.07) is 3.73. The SMILES string of the molecule is Cc1cc(-c2ncccn2)c2c(N)ncnn12. The zero-order valence-corrected chi connectivity index (χ0v) is 9.20. The van der Waals surface area contributed by atoms with Gasteiger partial charge in [-0.15, -0.1) is 0 Å². The third kappa shape index (κ3) is 1.42. The highest BCUT2D eigenvalue weighted by atomic mass is 15.3. The number of nitrogens with two attached hydrogens (primary N) is 1. The van der Waals surface area contributed by atoms with Crippen LogP contribution >= 0.6 is 0 Å². The number of nitrogens with zero attached hydrogens (tertiary/aromatic N) is 5. The van der Waals surface area contributed by atoms with Gasteiger partial charge in [-0.3, -0.25) is 0 Å². The maximum Gasteiger partial charge on any atom is 0.161 e. The van der Waals surface area contributed by atoms with Gasteiger partial charge in [-0.25, -0.2) is 19.5 Å². The van der Waals surface area contributed by atoms with Crippen LogP contribution in [0.4, 0.5) is 5.82 Å². The molecule has 0 aliphatic carbocycles. The molecule has 3 heterocycles. The van der Waals surface area contributed by atoms with Crippen molar-refractivity contribution in [2.24, 2.45) is 0 Å². The Kier molecular flexibility index (Phi) is 2.01. The predicted molar refractivity (Wildman–Crippen MR) is 63.2 cm³/mol. The Morgan fingerprint density at radius 2 is 1.94 bits per heavy atom. The van der Waals surface area contributed by atoms with Crippen LogP contribution in [-0.2, 0) is 0 Å². The zero-order chi connectivity index (χ0) is 11.8. The third-order valence-corrected chi connectivity index (χ3v) is 2.57. The van der Waals surface area contributed by atoms with Crippen molar-refractivity contribution >= 4 is 11.3 Å². The van der Waals surface area contributed by atoms with E-state index in [-0.39, 0.29) is 0 Å². The van der Waals surface area contributed by atoms with E-state index in [1.54, 1.807) is 23.0 Å². The molecule has 0 spiro atoms. The molecule has 6 heteroatoms. The second kappa shape index (κ2) is 3.51. The van der Waals surface area contributed by atoms with Crippen LogP contribution in [0.5, 0.6) is 0 Å². The molecule has 3 rings (SSSR count). The molecule has 0 bridgehead atoms. The van der Waals surface area contributed by atoms with Gasteiger partial charge in [0.2, 0.25) is 0 Å². The number of fused-ring (bicyclic) bond motifs is 1. The van der Waals surface area contributed by atoms with E-state index >= 15 is 0 Å². The molecule has 0 unspecified atom stereocenters. The second-order valence-electron chi connectivity index (χ2n) is 3.68. The van der Waals surface area contributed by atoms with Crippen molar-refractivity contribution in [3.8, 4) is 11.4 Å². The minimum atomic E-state index is 0.426. The Hall–Kier alpha value is -2.50.